The molecular formula is C14H18N2O4S. The molecule has 1 aromatic heterocycles. The lowest BCUT2D eigenvalue weighted by Crippen LogP contribution is -2.18. The van der Waals surface area contributed by atoms with E-state index in [1.807, 2.05) is 0 Å². The maximum atomic E-state index is 11.4. The second-order valence-electron chi connectivity index (χ2n) is 4.65. The molecule has 0 unspecified atom stereocenters. The Hall–Kier alpha value is -1.70. The molecule has 21 heavy (non-hydrogen) atoms. The molecule has 0 radical (unpaired) electrons. The normalized spacial score (nSPS) is 11.7. The zero-order valence-electron chi connectivity index (χ0n) is 12.0. The second kappa shape index (κ2) is 6.84. The fraction of sp³-hybridized carbons (Fsp3) is 0.357. The molecular weight excluding hydrogens is 292 g/mol. The monoisotopic (exact) mass is 310 g/mol. The lowest BCUT2D eigenvalue weighted by Gasteiger charge is -2.04. The van der Waals surface area contributed by atoms with E-state index >= 15 is 0 Å². The van der Waals surface area contributed by atoms with Crippen molar-refractivity contribution in [3.05, 3.63) is 36.0 Å². The molecule has 0 saturated heterocycles. The third-order valence-corrected chi connectivity index (χ3v) is 4.12. The molecule has 0 aliphatic carbocycles. The number of ether oxygens (including phenoxy) is 1. The molecule has 0 amide bonds. The first kappa shape index (κ1) is 15.7. The molecule has 0 spiro atoms. The Labute approximate surface area is 124 Å². The molecule has 6 nitrogen and oxygen atoms in total. The Morgan fingerprint density at radius 1 is 1.29 bits per heavy atom. The van der Waals surface area contributed by atoms with Crippen LogP contribution in [0.3, 0.4) is 0 Å². The third-order valence-electron chi connectivity index (χ3n) is 2.99. The van der Waals surface area contributed by atoms with E-state index in [0.717, 1.165) is 17.7 Å². The van der Waals surface area contributed by atoms with Crippen molar-refractivity contribution in [2.75, 3.05) is 26.5 Å². The molecule has 0 saturated carbocycles. The number of aromatic nitrogens is 1. The van der Waals surface area contributed by atoms with Crippen molar-refractivity contribution in [1.82, 2.24) is 10.5 Å². The van der Waals surface area contributed by atoms with Crippen molar-refractivity contribution < 1.29 is 17.7 Å². The smallest absolute Gasteiger partial charge is 0.175 e. The Bertz CT molecular complexity index is 677. The van der Waals surface area contributed by atoms with Crippen LogP contribution in [0.15, 0.2) is 39.9 Å². The van der Waals surface area contributed by atoms with E-state index in [0.29, 0.717) is 18.9 Å². The zero-order chi connectivity index (χ0) is 15.3. The molecule has 1 heterocycles. The van der Waals surface area contributed by atoms with E-state index in [1.165, 1.54) is 6.26 Å². The van der Waals surface area contributed by atoms with Gasteiger partial charge >= 0.3 is 0 Å². The van der Waals surface area contributed by atoms with Crippen LogP contribution in [-0.4, -0.2) is 40.1 Å². The van der Waals surface area contributed by atoms with Gasteiger partial charge < -0.3 is 14.6 Å². The first-order valence-corrected chi connectivity index (χ1v) is 8.35. The maximum absolute atomic E-state index is 11.4. The number of hydrogen-bond acceptors (Lipinski definition) is 6. The van der Waals surface area contributed by atoms with Crippen LogP contribution in [0.5, 0.6) is 0 Å². The topological polar surface area (TPSA) is 81.4 Å². The minimum absolute atomic E-state index is 0.283. The summed E-state index contributed by atoms with van der Waals surface area (Å²) in [6.45, 7) is 1.97. The molecule has 0 aliphatic rings. The highest BCUT2D eigenvalue weighted by atomic mass is 32.2. The summed E-state index contributed by atoms with van der Waals surface area (Å²) in [5.74, 6) is 0.639. The van der Waals surface area contributed by atoms with Crippen LogP contribution in [0.1, 0.15) is 5.56 Å². The molecule has 7 heteroatoms. The van der Waals surface area contributed by atoms with Gasteiger partial charge in [0.05, 0.1) is 17.7 Å². The van der Waals surface area contributed by atoms with Gasteiger partial charge in [-0.15, -0.1) is 0 Å². The van der Waals surface area contributed by atoms with E-state index in [9.17, 15) is 8.42 Å². The Balaban J connectivity index is 2.13. The number of hydrogen-bond donors (Lipinski definition) is 1. The highest BCUT2D eigenvalue weighted by Gasteiger charge is 2.12. The zero-order valence-corrected chi connectivity index (χ0v) is 12.8. The quantitative estimate of drug-likeness (QED) is 0.780. The largest absolute Gasteiger partial charge is 0.383 e. The van der Waals surface area contributed by atoms with Gasteiger partial charge in [-0.1, -0.05) is 5.16 Å². The van der Waals surface area contributed by atoms with Gasteiger partial charge in [0.15, 0.2) is 15.6 Å². The highest BCUT2D eigenvalue weighted by Crippen LogP contribution is 2.24. The van der Waals surface area contributed by atoms with Crippen molar-refractivity contribution in [1.29, 1.82) is 0 Å². The Morgan fingerprint density at radius 2 is 2.00 bits per heavy atom. The number of nitrogens with zero attached hydrogens (tertiary/aromatic N) is 1. The fourth-order valence-corrected chi connectivity index (χ4v) is 2.51. The van der Waals surface area contributed by atoms with Crippen LogP contribution >= 0.6 is 0 Å². The molecule has 1 N–H and O–H groups in total. The number of benzene rings is 1. The lowest BCUT2D eigenvalue weighted by molar-refractivity contribution is 0.199. The molecule has 0 fully saturated rings. The SMILES string of the molecule is COCCNCc1cnoc1-c1ccc(S(C)(=O)=O)cc1. The van der Waals surface area contributed by atoms with E-state index in [1.54, 1.807) is 37.6 Å². The van der Waals surface area contributed by atoms with Crippen LogP contribution in [0.2, 0.25) is 0 Å². The maximum Gasteiger partial charge on any atom is 0.175 e. The van der Waals surface area contributed by atoms with Gasteiger partial charge in [-0.25, -0.2) is 8.42 Å². The van der Waals surface area contributed by atoms with E-state index in [-0.39, 0.29) is 4.90 Å². The van der Waals surface area contributed by atoms with Gasteiger partial charge in [-0.05, 0) is 24.3 Å². The average Bonchev–Trinajstić information content (AvgIpc) is 2.91. The van der Waals surface area contributed by atoms with Gasteiger partial charge in [0.2, 0.25) is 0 Å². The predicted octanol–water partition coefficient (Wildman–Crippen LogP) is 1.48. The van der Waals surface area contributed by atoms with Crippen LogP contribution < -0.4 is 5.32 Å². The summed E-state index contributed by atoms with van der Waals surface area (Å²) in [6.07, 6.45) is 2.83. The lowest BCUT2D eigenvalue weighted by atomic mass is 10.1. The van der Waals surface area contributed by atoms with Gasteiger partial charge in [0.1, 0.15) is 0 Å². The molecule has 2 aromatic rings. The fourth-order valence-electron chi connectivity index (χ4n) is 1.87. The highest BCUT2D eigenvalue weighted by molar-refractivity contribution is 7.90. The van der Waals surface area contributed by atoms with Crippen molar-refractivity contribution in [3.63, 3.8) is 0 Å². The predicted molar refractivity (Wildman–Crippen MR) is 78.6 cm³/mol. The first-order chi connectivity index (χ1) is 10.0. The standard InChI is InChI=1S/C14H18N2O4S/c1-19-8-7-15-9-12-10-16-20-14(12)11-3-5-13(6-4-11)21(2,17)18/h3-6,10,15H,7-9H2,1-2H3. The molecule has 0 aliphatic heterocycles. The summed E-state index contributed by atoms with van der Waals surface area (Å²) < 4.78 is 33.1. The van der Waals surface area contributed by atoms with Crippen molar-refractivity contribution in [2.24, 2.45) is 0 Å². The van der Waals surface area contributed by atoms with Crippen molar-refractivity contribution in [2.45, 2.75) is 11.4 Å². The summed E-state index contributed by atoms with van der Waals surface area (Å²) in [5, 5.41) is 7.02. The van der Waals surface area contributed by atoms with Crippen LogP contribution in [0.4, 0.5) is 0 Å². The van der Waals surface area contributed by atoms with Gasteiger partial charge in [0, 0.05) is 37.6 Å². The first-order valence-electron chi connectivity index (χ1n) is 6.46. The summed E-state index contributed by atoms with van der Waals surface area (Å²) in [4.78, 5) is 0.283. The molecule has 0 atom stereocenters. The summed E-state index contributed by atoms with van der Waals surface area (Å²) in [5.41, 5.74) is 1.71. The summed E-state index contributed by atoms with van der Waals surface area (Å²) >= 11 is 0. The van der Waals surface area contributed by atoms with E-state index in [2.05, 4.69) is 10.5 Å². The van der Waals surface area contributed by atoms with E-state index < -0.39 is 9.84 Å². The van der Waals surface area contributed by atoms with Crippen molar-refractivity contribution in [3.8, 4) is 11.3 Å². The summed E-state index contributed by atoms with van der Waals surface area (Å²) in [6, 6.07) is 6.57. The number of sulfone groups is 1. The minimum atomic E-state index is -3.19. The van der Waals surface area contributed by atoms with Gasteiger partial charge in [-0.2, -0.15) is 0 Å². The summed E-state index contributed by atoms with van der Waals surface area (Å²) in [7, 11) is -1.54. The van der Waals surface area contributed by atoms with Gasteiger partial charge in [-0.3, -0.25) is 0 Å². The molecule has 0 bridgehead atoms. The number of nitrogens with one attached hydrogen (secondary N) is 1. The second-order valence-corrected chi connectivity index (χ2v) is 6.66. The van der Waals surface area contributed by atoms with Crippen LogP contribution in [0, 0.1) is 0 Å². The Kier molecular flexibility index (Phi) is 5.11. The average molecular weight is 310 g/mol. The van der Waals surface area contributed by atoms with Gasteiger partial charge in [0.25, 0.3) is 0 Å². The molecule has 1 aromatic carbocycles. The molecule has 2 rings (SSSR count). The van der Waals surface area contributed by atoms with E-state index in [4.69, 9.17) is 9.26 Å². The third kappa shape index (κ3) is 4.13. The number of methoxy groups -OCH3 is 1. The van der Waals surface area contributed by atoms with Crippen molar-refractivity contribution >= 4 is 9.84 Å². The number of rotatable bonds is 7. The molecule has 114 valence electrons. The van der Waals surface area contributed by atoms with Crippen LogP contribution in [-0.2, 0) is 21.1 Å². The Morgan fingerprint density at radius 3 is 2.62 bits per heavy atom. The van der Waals surface area contributed by atoms with Crippen LogP contribution in [0.25, 0.3) is 11.3 Å². The minimum Gasteiger partial charge on any atom is -0.383 e.